The molecule has 140 valence electrons. The Balaban J connectivity index is 1.33. The van der Waals surface area contributed by atoms with Gasteiger partial charge in [0.2, 0.25) is 12.7 Å². The topological polar surface area (TPSA) is 67.9 Å². The second kappa shape index (κ2) is 7.48. The molecule has 0 atom stereocenters. The van der Waals surface area contributed by atoms with E-state index in [0.29, 0.717) is 53.7 Å². The Bertz CT molecular complexity index is 878. The van der Waals surface area contributed by atoms with E-state index in [1.807, 2.05) is 0 Å². The zero-order chi connectivity index (χ0) is 18.8. The molecule has 0 aliphatic carbocycles. The van der Waals surface area contributed by atoms with Gasteiger partial charge in [0.05, 0.1) is 0 Å². The first-order valence-electron chi connectivity index (χ1n) is 8.85. The van der Waals surface area contributed by atoms with E-state index in [1.165, 1.54) is 0 Å². The molecule has 0 aromatic heterocycles. The molecular formula is C20H19ClN2O4. The number of piperidine rings is 1. The van der Waals surface area contributed by atoms with Crippen molar-refractivity contribution in [1.29, 1.82) is 0 Å². The van der Waals surface area contributed by atoms with Crippen molar-refractivity contribution in [3.05, 3.63) is 53.1 Å². The van der Waals surface area contributed by atoms with Gasteiger partial charge in [-0.15, -0.1) is 0 Å². The molecule has 0 saturated carbocycles. The van der Waals surface area contributed by atoms with Gasteiger partial charge in [-0.1, -0.05) is 17.7 Å². The number of fused-ring (bicyclic) bond motifs is 1. The lowest BCUT2D eigenvalue weighted by atomic mass is 9.95. The van der Waals surface area contributed by atoms with Crippen molar-refractivity contribution in [3.63, 3.8) is 0 Å². The Morgan fingerprint density at radius 2 is 1.81 bits per heavy atom. The second-order valence-corrected chi connectivity index (χ2v) is 7.07. The van der Waals surface area contributed by atoms with E-state index >= 15 is 0 Å². The third-order valence-corrected chi connectivity index (χ3v) is 5.10. The van der Waals surface area contributed by atoms with Gasteiger partial charge < -0.3 is 19.7 Å². The molecule has 1 N–H and O–H groups in total. The summed E-state index contributed by atoms with van der Waals surface area (Å²) in [5.41, 5.74) is 1.26. The zero-order valence-electron chi connectivity index (χ0n) is 14.6. The number of carbonyl (C=O) groups excluding carboxylic acids is 2. The fourth-order valence-electron chi connectivity index (χ4n) is 3.37. The summed E-state index contributed by atoms with van der Waals surface area (Å²) in [4.78, 5) is 26.9. The number of hydrogen-bond donors (Lipinski definition) is 1. The van der Waals surface area contributed by atoms with E-state index in [2.05, 4.69) is 5.32 Å². The Hall–Kier alpha value is -2.73. The zero-order valence-corrected chi connectivity index (χ0v) is 15.4. The minimum atomic E-state index is -0.126. The highest BCUT2D eigenvalue weighted by Crippen LogP contribution is 2.34. The minimum Gasteiger partial charge on any atom is -0.454 e. The summed E-state index contributed by atoms with van der Waals surface area (Å²) in [6.07, 6.45) is 1.26. The number of nitrogens with one attached hydrogen (secondary N) is 1. The molecule has 0 bridgehead atoms. The fourth-order valence-corrected chi connectivity index (χ4v) is 3.56. The van der Waals surface area contributed by atoms with Crippen LogP contribution in [0.1, 0.15) is 23.2 Å². The highest BCUT2D eigenvalue weighted by molar-refractivity contribution is 6.30. The lowest BCUT2D eigenvalue weighted by molar-refractivity contribution is -0.121. The normalized spacial score (nSPS) is 16.3. The summed E-state index contributed by atoms with van der Waals surface area (Å²) >= 11 is 5.96. The Morgan fingerprint density at radius 3 is 2.59 bits per heavy atom. The molecule has 1 fully saturated rings. The van der Waals surface area contributed by atoms with Gasteiger partial charge in [0.25, 0.3) is 5.91 Å². The van der Waals surface area contributed by atoms with Crippen LogP contribution in [0.15, 0.2) is 42.5 Å². The molecule has 7 heteroatoms. The summed E-state index contributed by atoms with van der Waals surface area (Å²) in [6, 6.07) is 12.3. The quantitative estimate of drug-likeness (QED) is 0.875. The van der Waals surface area contributed by atoms with E-state index in [4.69, 9.17) is 21.1 Å². The first kappa shape index (κ1) is 17.7. The Kier molecular flexibility index (Phi) is 4.90. The van der Waals surface area contributed by atoms with Crippen LogP contribution in [0.2, 0.25) is 5.02 Å². The standard InChI is InChI=1S/C20H19ClN2O4/c21-15-3-1-2-14(10-15)20(25)23-8-6-13(7-9-23)19(24)22-16-4-5-17-18(11-16)27-12-26-17/h1-5,10-11,13H,6-9,12H2,(H,22,24). The van der Waals surface area contributed by atoms with Crippen molar-refractivity contribution in [1.82, 2.24) is 4.90 Å². The van der Waals surface area contributed by atoms with E-state index in [-0.39, 0.29) is 24.5 Å². The second-order valence-electron chi connectivity index (χ2n) is 6.63. The largest absolute Gasteiger partial charge is 0.454 e. The molecule has 2 aliphatic rings. The first-order valence-corrected chi connectivity index (χ1v) is 9.23. The van der Waals surface area contributed by atoms with E-state index in [1.54, 1.807) is 47.4 Å². The smallest absolute Gasteiger partial charge is 0.253 e. The van der Waals surface area contributed by atoms with Crippen LogP contribution in [0.5, 0.6) is 11.5 Å². The maximum Gasteiger partial charge on any atom is 0.253 e. The molecule has 0 unspecified atom stereocenters. The summed E-state index contributed by atoms with van der Waals surface area (Å²) in [5.74, 6) is 1.10. The maximum absolute atomic E-state index is 12.6. The number of rotatable bonds is 3. The predicted molar refractivity (Wildman–Crippen MR) is 101 cm³/mol. The molecular weight excluding hydrogens is 368 g/mol. The number of amides is 2. The molecule has 4 rings (SSSR count). The average Bonchev–Trinajstić information content (AvgIpc) is 3.15. The maximum atomic E-state index is 12.6. The third kappa shape index (κ3) is 3.85. The number of nitrogens with zero attached hydrogens (tertiary/aromatic N) is 1. The number of carbonyl (C=O) groups is 2. The van der Waals surface area contributed by atoms with Gasteiger partial charge >= 0.3 is 0 Å². The number of halogens is 1. The van der Waals surface area contributed by atoms with Crippen LogP contribution < -0.4 is 14.8 Å². The summed E-state index contributed by atoms with van der Waals surface area (Å²) in [7, 11) is 0. The molecule has 1 saturated heterocycles. The number of hydrogen-bond acceptors (Lipinski definition) is 4. The van der Waals surface area contributed by atoms with Crippen molar-refractivity contribution >= 4 is 29.1 Å². The van der Waals surface area contributed by atoms with E-state index in [0.717, 1.165) is 0 Å². The van der Waals surface area contributed by atoms with Crippen molar-refractivity contribution < 1.29 is 19.1 Å². The average molecular weight is 387 g/mol. The van der Waals surface area contributed by atoms with Crippen LogP contribution in [0, 0.1) is 5.92 Å². The van der Waals surface area contributed by atoms with Crippen LogP contribution in [-0.4, -0.2) is 36.6 Å². The molecule has 0 spiro atoms. The Morgan fingerprint density at radius 1 is 1.04 bits per heavy atom. The lowest BCUT2D eigenvalue weighted by Gasteiger charge is -2.31. The third-order valence-electron chi connectivity index (χ3n) is 4.86. The van der Waals surface area contributed by atoms with Crippen molar-refractivity contribution in [2.24, 2.45) is 5.92 Å². The first-order chi connectivity index (χ1) is 13.1. The van der Waals surface area contributed by atoms with Crippen LogP contribution in [-0.2, 0) is 4.79 Å². The van der Waals surface area contributed by atoms with Crippen LogP contribution in [0.4, 0.5) is 5.69 Å². The van der Waals surface area contributed by atoms with Gasteiger partial charge in [-0.25, -0.2) is 0 Å². The SMILES string of the molecule is O=C(Nc1ccc2c(c1)OCO2)C1CCN(C(=O)c2cccc(Cl)c2)CC1. The molecule has 2 amide bonds. The molecule has 2 aromatic rings. The van der Waals surface area contributed by atoms with Gasteiger partial charge in [-0.2, -0.15) is 0 Å². The fraction of sp³-hybridized carbons (Fsp3) is 0.300. The van der Waals surface area contributed by atoms with Gasteiger partial charge in [0.1, 0.15) is 0 Å². The monoisotopic (exact) mass is 386 g/mol. The van der Waals surface area contributed by atoms with E-state index < -0.39 is 0 Å². The number of likely N-dealkylation sites (tertiary alicyclic amines) is 1. The van der Waals surface area contributed by atoms with Gasteiger partial charge in [-0.3, -0.25) is 9.59 Å². The van der Waals surface area contributed by atoms with Crippen LogP contribution in [0.3, 0.4) is 0 Å². The molecule has 0 radical (unpaired) electrons. The highest BCUT2D eigenvalue weighted by Gasteiger charge is 2.28. The number of ether oxygens (including phenoxy) is 2. The van der Waals surface area contributed by atoms with Crippen LogP contribution in [0.25, 0.3) is 0 Å². The number of benzene rings is 2. The predicted octanol–water partition coefficient (Wildman–Crippen LogP) is 3.56. The van der Waals surface area contributed by atoms with Crippen molar-refractivity contribution in [2.45, 2.75) is 12.8 Å². The summed E-state index contributed by atoms with van der Waals surface area (Å²) < 4.78 is 10.6. The van der Waals surface area contributed by atoms with Crippen molar-refractivity contribution in [2.75, 3.05) is 25.2 Å². The summed E-state index contributed by atoms with van der Waals surface area (Å²) in [6.45, 7) is 1.29. The lowest BCUT2D eigenvalue weighted by Crippen LogP contribution is -2.41. The van der Waals surface area contributed by atoms with Gasteiger partial charge in [0.15, 0.2) is 11.5 Å². The molecule has 2 aliphatic heterocycles. The Labute approximate surface area is 162 Å². The molecule has 6 nitrogen and oxygen atoms in total. The molecule has 27 heavy (non-hydrogen) atoms. The van der Waals surface area contributed by atoms with E-state index in [9.17, 15) is 9.59 Å². The molecule has 2 heterocycles. The minimum absolute atomic E-state index is 0.0382. The van der Waals surface area contributed by atoms with Crippen LogP contribution >= 0.6 is 11.6 Å². The molecule has 2 aromatic carbocycles. The number of anilines is 1. The summed E-state index contributed by atoms with van der Waals surface area (Å²) in [5, 5.41) is 3.47. The van der Waals surface area contributed by atoms with Crippen molar-refractivity contribution in [3.8, 4) is 11.5 Å². The van der Waals surface area contributed by atoms with Gasteiger partial charge in [0, 0.05) is 41.3 Å². The highest BCUT2D eigenvalue weighted by atomic mass is 35.5. The van der Waals surface area contributed by atoms with Gasteiger partial charge in [-0.05, 0) is 43.2 Å².